The average Bonchev–Trinajstić information content (AvgIpc) is 3.19. The zero-order chi connectivity index (χ0) is 22.1. The van der Waals surface area contributed by atoms with Gasteiger partial charge in [0, 0.05) is 23.2 Å². The molecular weight excluding hydrogens is 446 g/mol. The number of ether oxygens (including phenoxy) is 1. The molecule has 0 aliphatic rings. The average molecular weight is 461 g/mol. The zero-order valence-corrected chi connectivity index (χ0v) is 17.4. The van der Waals surface area contributed by atoms with E-state index in [2.05, 4.69) is 4.98 Å². The molecule has 0 saturated heterocycles. The van der Waals surface area contributed by atoms with E-state index in [-0.39, 0.29) is 35.2 Å². The van der Waals surface area contributed by atoms with Crippen LogP contribution >= 0.6 is 23.2 Å². The molecule has 0 amide bonds. The van der Waals surface area contributed by atoms with E-state index in [1.165, 1.54) is 30.5 Å². The summed E-state index contributed by atoms with van der Waals surface area (Å²) in [5, 5.41) is 10.00. The Balaban J connectivity index is 1.61. The number of aromatic carboxylic acids is 1. The number of nitrogens with two attached hydrogens (primary N) is 1. The van der Waals surface area contributed by atoms with E-state index in [0.717, 1.165) is 5.56 Å². The summed E-state index contributed by atoms with van der Waals surface area (Å²) in [5.41, 5.74) is 8.44. The number of nitrogen functional groups attached to an aromatic ring is 1. The summed E-state index contributed by atoms with van der Waals surface area (Å²) in [7, 11) is 0. The van der Waals surface area contributed by atoms with Crippen LogP contribution in [0.3, 0.4) is 0 Å². The van der Waals surface area contributed by atoms with Crippen molar-refractivity contribution in [3.63, 3.8) is 0 Å². The van der Waals surface area contributed by atoms with Crippen LogP contribution in [0.15, 0.2) is 53.3 Å². The Hall–Kier alpha value is -3.29. The first-order chi connectivity index (χ1) is 14.9. The van der Waals surface area contributed by atoms with E-state index in [0.29, 0.717) is 27.1 Å². The number of hydrogen-bond donors (Lipinski definition) is 2. The minimum absolute atomic E-state index is 0.0505. The van der Waals surface area contributed by atoms with Crippen molar-refractivity contribution in [1.29, 1.82) is 0 Å². The van der Waals surface area contributed by atoms with E-state index < -0.39 is 11.8 Å². The first-order valence-corrected chi connectivity index (χ1v) is 9.87. The van der Waals surface area contributed by atoms with E-state index >= 15 is 0 Å². The lowest BCUT2D eigenvalue weighted by Gasteiger charge is -2.11. The molecule has 0 fully saturated rings. The molecule has 6 nitrogen and oxygen atoms in total. The molecule has 2 aromatic heterocycles. The van der Waals surface area contributed by atoms with Gasteiger partial charge in [0.2, 0.25) is 5.75 Å². The van der Waals surface area contributed by atoms with Crippen molar-refractivity contribution in [2.75, 3.05) is 12.3 Å². The molecule has 9 heteroatoms. The number of carboxylic acid groups (broad SMARTS) is 1. The maximum absolute atomic E-state index is 13.7. The fourth-order valence-corrected chi connectivity index (χ4v) is 3.75. The van der Waals surface area contributed by atoms with Crippen molar-refractivity contribution in [3.05, 3.63) is 75.8 Å². The maximum Gasteiger partial charge on any atom is 0.335 e. The van der Waals surface area contributed by atoms with Crippen molar-refractivity contribution >= 4 is 46.0 Å². The zero-order valence-electron chi connectivity index (χ0n) is 15.9. The van der Waals surface area contributed by atoms with Crippen LogP contribution in [-0.2, 0) is 6.42 Å². The van der Waals surface area contributed by atoms with Crippen LogP contribution in [0, 0.1) is 5.82 Å². The highest BCUT2D eigenvalue weighted by atomic mass is 35.5. The number of carbonyl (C=O) groups is 1. The predicted octanol–water partition coefficient (Wildman–Crippen LogP) is 5.84. The quantitative estimate of drug-likeness (QED) is 0.350. The Morgan fingerprint density at radius 3 is 2.65 bits per heavy atom. The van der Waals surface area contributed by atoms with Crippen molar-refractivity contribution in [1.82, 2.24) is 4.98 Å². The lowest BCUT2D eigenvalue weighted by molar-refractivity contribution is 0.0697. The number of pyridine rings is 1. The normalized spacial score (nSPS) is 11.1. The molecule has 0 unspecified atom stereocenters. The van der Waals surface area contributed by atoms with Gasteiger partial charge in [-0.25, -0.2) is 14.2 Å². The van der Waals surface area contributed by atoms with Crippen LogP contribution < -0.4 is 10.5 Å². The molecule has 31 heavy (non-hydrogen) atoms. The Labute approximate surface area is 186 Å². The van der Waals surface area contributed by atoms with E-state index in [9.17, 15) is 9.18 Å². The number of rotatable bonds is 6. The summed E-state index contributed by atoms with van der Waals surface area (Å²) < 4.78 is 25.2. The number of halogens is 3. The second-order valence-corrected chi connectivity index (χ2v) is 7.45. The van der Waals surface area contributed by atoms with Gasteiger partial charge in [-0.15, -0.1) is 0 Å². The highest BCUT2D eigenvalue weighted by Crippen LogP contribution is 2.38. The summed E-state index contributed by atoms with van der Waals surface area (Å²) >= 11 is 12.1. The van der Waals surface area contributed by atoms with Gasteiger partial charge in [-0.2, -0.15) is 0 Å². The summed E-state index contributed by atoms with van der Waals surface area (Å²) in [4.78, 5) is 15.2. The number of carboxylic acids is 1. The lowest BCUT2D eigenvalue weighted by atomic mass is 10.0. The van der Waals surface area contributed by atoms with Gasteiger partial charge < -0.3 is 20.0 Å². The van der Waals surface area contributed by atoms with Crippen LogP contribution in [0.25, 0.3) is 22.1 Å². The first-order valence-electron chi connectivity index (χ1n) is 9.11. The van der Waals surface area contributed by atoms with Gasteiger partial charge in [0.1, 0.15) is 5.82 Å². The summed E-state index contributed by atoms with van der Waals surface area (Å²) in [6.45, 7) is 0.108. The molecule has 0 aliphatic heterocycles. The molecule has 0 radical (unpaired) electrons. The maximum atomic E-state index is 13.7. The second kappa shape index (κ2) is 8.45. The number of nitrogens with zero attached hydrogens (tertiary/aromatic N) is 1. The number of furan rings is 1. The molecule has 0 spiro atoms. The Morgan fingerprint density at radius 1 is 1.19 bits per heavy atom. The van der Waals surface area contributed by atoms with Gasteiger partial charge in [-0.1, -0.05) is 35.3 Å². The van der Waals surface area contributed by atoms with Crippen molar-refractivity contribution in [3.8, 4) is 16.9 Å². The largest absolute Gasteiger partial charge is 0.486 e. The third-order valence-corrected chi connectivity index (χ3v) is 5.54. The molecule has 3 N–H and O–H groups in total. The molecule has 0 aliphatic carbocycles. The molecular formula is C22H15Cl2FN2O4. The molecule has 4 rings (SSSR count). The van der Waals surface area contributed by atoms with Crippen molar-refractivity contribution < 1.29 is 23.4 Å². The van der Waals surface area contributed by atoms with Gasteiger partial charge >= 0.3 is 5.97 Å². The molecule has 0 saturated carbocycles. The molecule has 158 valence electrons. The Morgan fingerprint density at radius 2 is 1.94 bits per heavy atom. The van der Waals surface area contributed by atoms with E-state index in [1.54, 1.807) is 18.3 Å². The Kier molecular flexibility index (Phi) is 5.71. The third-order valence-electron chi connectivity index (χ3n) is 4.78. The number of anilines is 1. The van der Waals surface area contributed by atoms with Gasteiger partial charge in [-0.05, 0) is 35.4 Å². The first kappa shape index (κ1) is 21.0. The highest BCUT2D eigenvalue weighted by molar-refractivity contribution is 6.36. The summed E-state index contributed by atoms with van der Waals surface area (Å²) in [5.74, 6) is -1.19. The predicted molar refractivity (Wildman–Crippen MR) is 116 cm³/mol. The fourth-order valence-electron chi connectivity index (χ4n) is 3.19. The molecule has 0 atom stereocenters. The third kappa shape index (κ3) is 4.02. The molecule has 2 aromatic carbocycles. The minimum atomic E-state index is -1.01. The fraction of sp³-hybridized carbons (Fsp3) is 0.0909. The van der Waals surface area contributed by atoms with Crippen molar-refractivity contribution in [2.24, 2.45) is 0 Å². The smallest absolute Gasteiger partial charge is 0.335 e. The SMILES string of the molecule is Nc1ncc2c(-c3ccc(C(=O)O)cc3)coc2c1OCCc1c(Cl)ccc(F)c1Cl. The number of benzene rings is 2. The number of fused-ring (bicyclic) bond motifs is 1. The molecule has 4 aromatic rings. The highest BCUT2D eigenvalue weighted by Gasteiger charge is 2.18. The topological polar surface area (TPSA) is 98.6 Å². The standard InChI is InChI=1S/C22H15Cl2FN2O4/c23-16-5-6-17(25)18(24)13(16)7-8-30-20-19-14(9-27-21(20)26)15(10-31-19)11-1-3-12(4-2-11)22(28)29/h1-6,9-10H,7-8H2,(H2,26,27)(H,28,29). The second-order valence-electron chi connectivity index (χ2n) is 6.67. The van der Waals surface area contributed by atoms with E-state index in [4.69, 9.17) is 43.2 Å². The van der Waals surface area contributed by atoms with Crippen LogP contribution in [0.5, 0.6) is 5.75 Å². The van der Waals surface area contributed by atoms with Crippen LogP contribution in [-0.4, -0.2) is 22.7 Å². The summed E-state index contributed by atoms with van der Waals surface area (Å²) in [6.07, 6.45) is 3.33. The number of aromatic nitrogens is 1. The van der Waals surface area contributed by atoms with Gasteiger partial charge in [-0.3, -0.25) is 0 Å². The Bertz CT molecular complexity index is 1290. The van der Waals surface area contributed by atoms with E-state index in [1.807, 2.05) is 0 Å². The number of hydrogen-bond acceptors (Lipinski definition) is 5. The van der Waals surface area contributed by atoms with Gasteiger partial charge in [0.25, 0.3) is 0 Å². The van der Waals surface area contributed by atoms with Gasteiger partial charge in [0.05, 0.1) is 28.8 Å². The molecule has 2 heterocycles. The molecule has 0 bridgehead atoms. The lowest BCUT2D eigenvalue weighted by Crippen LogP contribution is -2.06. The van der Waals surface area contributed by atoms with Crippen LogP contribution in [0.1, 0.15) is 15.9 Å². The van der Waals surface area contributed by atoms with Crippen molar-refractivity contribution in [2.45, 2.75) is 6.42 Å². The van der Waals surface area contributed by atoms with Gasteiger partial charge in [0.15, 0.2) is 11.4 Å². The van der Waals surface area contributed by atoms with Crippen LogP contribution in [0.4, 0.5) is 10.2 Å². The minimum Gasteiger partial charge on any atom is -0.486 e. The summed E-state index contributed by atoms with van der Waals surface area (Å²) in [6, 6.07) is 9.00. The van der Waals surface area contributed by atoms with Crippen LogP contribution in [0.2, 0.25) is 10.0 Å². The monoisotopic (exact) mass is 460 g/mol.